The summed E-state index contributed by atoms with van der Waals surface area (Å²) in [5, 5.41) is 0. The third-order valence-electron chi connectivity index (χ3n) is 3.18. The van der Waals surface area contributed by atoms with Crippen molar-refractivity contribution in [3.63, 3.8) is 0 Å². The van der Waals surface area contributed by atoms with Crippen LogP contribution in [0.5, 0.6) is 0 Å². The summed E-state index contributed by atoms with van der Waals surface area (Å²) >= 11 is 16.4. The summed E-state index contributed by atoms with van der Waals surface area (Å²) in [7, 11) is 209. The highest BCUT2D eigenvalue weighted by atomic mass is 34.2. The van der Waals surface area contributed by atoms with E-state index in [-0.39, 0.29) is 0 Å². The molecule has 0 aliphatic rings. The maximum Gasteiger partial charge on any atom is 0 e. The molecule has 0 aliphatic carbocycles. The molecule has 0 aromatic heterocycles. The van der Waals surface area contributed by atoms with Gasteiger partial charge < -0.3 is 0 Å². The molecule has 0 atom stereocenters. The van der Waals surface area contributed by atoms with Crippen LogP contribution in [0.1, 0.15) is 0 Å². The molecule has 0 aliphatic heterocycles. The second kappa shape index (κ2) is 165. The Bertz CT molecular complexity index is 1360. The fourth-order valence-corrected chi connectivity index (χ4v) is 310. The highest BCUT2D eigenvalue weighted by Crippen LogP contribution is 2.75. The molecule has 0 spiro atoms. The molecule has 0 aromatic carbocycles. The maximum atomic E-state index is 4.09. The minimum atomic E-state index is 1.49. The van der Waals surface area contributed by atoms with Gasteiger partial charge in [-0.2, -0.15) is 0 Å². The highest BCUT2D eigenvalue weighted by Gasteiger charge is 2.11. The molecule has 0 N–H and O–H groups in total. The predicted molar refractivity (Wildman–Crippen MR) is 917 cm³/mol. The molecule has 120 heavy (non-hydrogen) atoms. The Balaban J connectivity index is 0. The monoisotopic (exact) mass is 3840 g/mol. The van der Waals surface area contributed by atoms with Crippen LogP contribution in [0.3, 0.4) is 0 Å². The molecule has 0 saturated carbocycles. The van der Waals surface area contributed by atoms with Crippen molar-refractivity contribution in [2.24, 2.45) is 0 Å². The van der Waals surface area contributed by atoms with Crippen molar-refractivity contribution in [3.8, 4) is 0 Å². The van der Waals surface area contributed by atoms with Gasteiger partial charge in [0.25, 0.3) is 0 Å². The van der Waals surface area contributed by atoms with Crippen molar-refractivity contribution in [2.45, 2.75) is 0 Å². The molecule has 0 nitrogen and oxygen atoms in total. The quantitative estimate of drug-likeness (QED) is 0.0259. The number of thiol groups is 4. The second-order valence-electron chi connectivity index (χ2n) is 7.92. The van der Waals surface area contributed by atoms with E-state index in [2.05, 4.69) is 46.6 Å². The maximum absolute atomic E-state index is 4.09. The van der Waals surface area contributed by atoms with Crippen LogP contribution in [0.25, 0.3) is 0 Å². The minimum absolute atomic E-state index is 1.49. The van der Waals surface area contributed by atoms with Crippen molar-refractivity contribution in [2.75, 3.05) is 0 Å². The molecule has 0 fully saturated rings. The summed E-state index contributed by atoms with van der Waals surface area (Å²) in [6.07, 6.45) is 0. The molecule has 0 aromatic rings. The van der Waals surface area contributed by atoms with Gasteiger partial charge in [-0.25, -0.2) is 0 Å². The Morgan fingerprint density at radius 3 is 0.0917 bits per heavy atom. The lowest BCUT2D eigenvalue weighted by atomic mass is 30.1. The Labute approximate surface area is 1150 Å². The van der Waals surface area contributed by atoms with Gasteiger partial charge in [-0.1, -0.05) is 46.6 Å². The highest BCUT2D eigenvalue weighted by molar-refractivity contribution is 9.70. The molecule has 0 rings (SSSR count). The third kappa shape index (κ3) is 166. The summed E-state index contributed by atoms with van der Waals surface area (Å²) in [5.74, 6) is 0. The lowest BCUT2D eigenvalue weighted by molar-refractivity contribution is 5.59. The average molecular weight is 3850 g/mol. The van der Waals surface area contributed by atoms with Gasteiger partial charge in [-0.15, -0.1) is 0 Å². The van der Waals surface area contributed by atoms with E-state index >= 15 is 0 Å². The van der Waals surface area contributed by atoms with Crippen molar-refractivity contribution < 1.29 is 0 Å². The first-order valence-corrected chi connectivity index (χ1v) is 178. The summed E-state index contributed by atoms with van der Waals surface area (Å²) in [6.45, 7) is 0. The Hall–Kier alpha value is 42.0. The molecule has 724 valence electrons. The van der Waals surface area contributed by atoms with Gasteiger partial charge in [0, 0.05) is 825 Å². The van der Waals surface area contributed by atoms with Crippen LogP contribution in [0.4, 0.5) is 0 Å². The average Bonchev–Trinajstić information content (AvgIpc) is 1.49. The molecule has 0 amide bonds. The SMILES string of the molecule is SSSSSSSSSSSSSSSSSSSSSSSSSSSSSSSSSSSSSSSSSSSSSSSSSSSSSSSSSSSS.SSSSSSSSSSSSSSSSSSSSSSSSSSSSSSSSSSSSSSSSSSSSSSSSSSSSSSSSSSSS. The van der Waals surface area contributed by atoms with Crippen molar-refractivity contribution in [3.05, 3.63) is 0 Å². The fourth-order valence-electron chi connectivity index (χ4n) is 1.27. The zero-order valence-electron chi connectivity index (χ0n) is 49.1. The summed E-state index contributed by atoms with van der Waals surface area (Å²) < 4.78 is 0. The molecule has 120 heteroatoms. The van der Waals surface area contributed by atoms with Crippen molar-refractivity contribution in [1.29, 1.82) is 0 Å². The van der Waals surface area contributed by atoms with Crippen LogP contribution < -0.4 is 0 Å². The van der Waals surface area contributed by atoms with Gasteiger partial charge in [-0.05, 0) is 314 Å². The second-order valence-corrected chi connectivity index (χ2v) is 214. The predicted octanol–water partition coefficient (Wildman–Crippen LogP) is 76.7. The van der Waals surface area contributed by atoms with E-state index < -0.39 is 0 Å². The lowest BCUT2D eigenvalue weighted by Gasteiger charge is -2.00. The molecule has 0 heterocycles. The summed E-state index contributed by atoms with van der Waals surface area (Å²) in [6, 6.07) is 0. The van der Waals surface area contributed by atoms with Crippen molar-refractivity contribution in [1.82, 2.24) is 0 Å². The number of rotatable bonds is 114. The smallest absolute Gasteiger partial charge is 0 e. The van der Waals surface area contributed by atoms with Gasteiger partial charge in [0.15, 0.2) is 0 Å². The molecule has 0 bridgehead atoms. The minimum Gasteiger partial charge on any atom is -0.0988 e. The Kier molecular flexibility index (Phi) is 226. The van der Waals surface area contributed by atoms with E-state index in [9.17, 15) is 0 Å². The van der Waals surface area contributed by atoms with Gasteiger partial charge in [0.1, 0.15) is 0 Å². The molecule has 0 unspecified atom stereocenters. The van der Waals surface area contributed by atoms with Crippen LogP contribution in [0, 0.1) is 0 Å². The van der Waals surface area contributed by atoms with Gasteiger partial charge >= 0.3 is 0 Å². The first-order valence-electron chi connectivity index (χ1n) is 19.7. The molecule has 0 radical (unpaired) electrons. The normalized spacial score (nSPS) is 11.7. The molecule has 0 saturated heterocycles. The van der Waals surface area contributed by atoms with Crippen LogP contribution >= 0.6 is 1190 Å². The Morgan fingerprint density at radius 2 is 0.0667 bits per heavy atom. The van der Waals surface area contributed by atoms with E-state index in [0.717, 1.165) is 0 Å². The van der Waals surface area contributed by atoms with E-state index in [1.165, 1.54) is 39.3 Å². The van der Waals surface area contributed by atoms with Crippen LogP contribution in [-0.4, -0.2) is 0 Å². The van der Waals surface area contributed by atoms with Crippen LogP contribution in [-0.2, 0) is 0 Å². The van der Waals surface area contributed by atoms with E-state index in [1.807, 2.05) is 904 Å². The standard InChI is InChI=1S/2H2S60/c2*1-3-5-7-9-11-13-15-17-19-21-23-25-27-29-31-33-35-37-39-41-43-45-47-49-51-53-55-57-59-60-58-56-54-52-50-48-46-44-42-40-38-36-34-32-30-28-26-24-22-20-18-16-14-12-10-8-6-4-2/h2*1-2H. The van der Waals surface area contributed by atoms with E-state index in [4.69, 9.17) is 0 Å². The van der Waals surface area contributed by atoms with Crippen LogP contribution in [0.2, 0.25) is 0 Å². The summed E-state index contributed by atoms with van der Waals surface area (Å²) in [5.41, 5.74) is 0. The van der Waals surface area contributed by atoms with Crippen LogP contribution in [0.15, 0.2) is 0 Å². The Morgan fingerprint density at radius 1 is 0.0417 bits per heavy atom. The zero-order chi connectivity index (χ0) is 86.0. The molecular formula is H4S120. The number of hydrogen-bond donors (Lipinski definition) is 4. The fraction of sp³-hybridized carbons (Fsp3) is 0. The van der Waals surface area contributed by atoms with Gasteiger partial charge in [0.05, 0.1) is 0 Å². The van der Waals surface area contributed by atoms with E-state index in [1.54, 1.807) is 197 Å². The largest absolute Gasteiger partial charge is 0.0988 e. The van der Waals surface area contributed by atoms with Gasteiger partial charge in [-0.3, -0.25) is 0 Å². The first kappa shape index (κ1) is 164. The zero-order valence-corrected chi connectivity index (χ0v) is 147. The van der Waals surface area contributed by atoms with Crippen molar-refractivity contribution >= 4 is 1190 Å². The third-order valence-corrected chi connectivity index (χ3v) is 257. The lowest BCUT2D eigenvalue weighted by Crippen LogP contribution is -1.35. The number of hydrogen-bond acceptors (Lipinski definition) is 120. The van der Waals surface area contributed by atoms with Gasteiger partial charge in [0.2, 0.25) is 0 Å². The first-order chi connectivity index (χ1) is 59.8. The topological polar surface area (TPSA) is 0 Å². The molecular weight excluding hydrogens is 3850 g/mol. The van der Waals surface area contributed by atoms with E-state index in [0.29, 0.717) is 0 Å². The summed E-state index contributed by atoms with van der Waals surface area (Å²) in [4.78, 5) is 0.